The summed E-state index contributed by atoms with van der Waals surface area (Å²) < 4.78 is 12.4. The highest BCUT2D eigenvalue weighted by atomic mass is 16.8. The Balaban J connectivity index is 1.46. The summed E-state index contributed by atoms with van der Waals surface area (Å²) in [7, 11) is 0. The number of amides is 2. The van der Waals surface area contributed by atoms with Crippen LogP contribution in [0, 0.1) is 0 Å². The fourth-order valence-electron chi connectivity index (χ4n) is 4.50. The van der Waals surface area contributed by atoms with Crippen LogP contribution in [0.25, 0.3) is 0 Å². The molecule has 31 heavy (non-hydrogen) atoms. The molecule has 2 aliphatic carbocycles. The molecule has 0 saturated carbocycles. The van der Waals surface area contributed by atoms with Crippen molar-refractivity contribution in [1.29, 1.82) is 0 Å². The van der Waals surface area contributed by atoms with Crippen molar-refractivity contribution in [3.05, 3.63) is 47.0 Å². The lowest BCUT2D eigenvalue weighted by Gasteiger charge is -2.28. The largest absolute Gasteiger partial charge is 0.395 e. The molecule has 0 bridgehead atoms. The fourth-order valence-corrected chi connectivity index (χ4v) is 4.50. The Bertz CT molecular complexity index is 859. The van der Waals surface area contributed by atoms with Gasteiger partial charge in [-0.15, -0.1) is 0 Å². The van der Waals surface area contributed by atoms with Gasteiger partial charge in [-0.25, -0.2) is 0 Å². The highest BCUT2D eigenvalue weighted by molar-refractivity contribution is 5.97. The number of aliphatic hydroxyl groups is 3. The van der Waals surface area contributed by atoms with Crippen LogP contribution in [0.15, 0.2) is 35.9 Å². The number of ether oxygens (including phenoxy) is 2. The number of rotatable bonds is 6. The highest BCUT2D eigenvalue weighted by Crippen LogP contribution is 2.44. The third kappa shape index (κ3) is 4.37. The fraction of sp³-hybridized carbons (Fsp3) is 0.545. The van der Waals surface area contributed by atoms with Gasteiger partial charge in [-0.3, -0.25) is 9.59 Å². The molecule has 0 radical (unpaired) electrons. The Hall–Kier alpha value is -2.30. The Morgan fingerprint density at radius 3 is 2.52 bits per heavy atom. The highest BCUT2D eigenvalue weighted by Gasteiger charge is 2.53. The van der Waals surface area contributed by atoms with Gasteiger partial charge in [-0.05, 0) is 24.1 Å². The van der Waals surface area contributed by atoms with E-state index in [9.17, 15) is 19.8 Å². The van der Waals surface area contributed by atoms with E-state index < -0.39 is 48.1 Å². The zero-order valence-electron chi connectivity index (χ0n) is 17.3. The standard InChI is InChI=1S/C22H28N2O7/c1-12(26)18(21(29)23-6-7-25)24-20(28)15-8-16(27)19-17(9-15)30-22(31-19)10-13-4-2-3-5-14(13)11-22/h2-5,9,12,16-19,25-27H,6-8,10-11H2,1H3,(H,23,29)(H,24,28). The van der Waals surface area contributed by atoms with E-state index >= 15 is 0 Å². The second-order valence-corrected chi connectivity index (χ2v) is 8.37. The average molecular weight is 432 g/mol. The van der Waals surface area contributed by atoms with E-state index in [1.54, 1.807) is 6.08 Å². The van der Waals surface area contributed by atoms with Gasteiger partial charge < -0.3 is 35.4 Å². The first-order chi connectivity index (χ1) is 14.8. The van der Waals surface area contributed by atoms with Gasteiger partial charge in [-0.1, -0.05) is 24.3 Å². The number of benzene rings is 1. The number of fused-ring (bicyclic) bond motifs is 2. The monoisotopic (exact) mass is 432 g/mol. The van der Waals surface area contributed by atoms with Gasteiger partial charge in [0.1, 0.15) is 18.2 Å². The summed E-state index contributed by atoms with van der Waals surface area (Å²) in [4.78, 5) is 25.0. The SMILES string of the molecule is CC(O)C(NC(=O)C1=CC2OC3(Cc4ccccc4C3)OC2C(O)C1)C(=O)NCCO. The van der Waals surface area contributed by atoms with Crippen LogP contribution >= 0.6 is 0 Å². The molecule has 1 heterocycles. The second kappa shape index (κ2) is 8.68. The molecule has 1 aromatic rings. The summed E-state index contributed by atoms with van der Waals surface area (Å²) >= 11 is 0. The molecule has 2 amide bonds. The third-order valence-electron chi connectivity index (χ3n) is 5.99. The molecular formula is C22H28N2O7. The van der Waals surface area contributed by atoms with Crippen LogP contribution in [-0.4, -0.2) is 76.5 Å². The molecule has 5 unspecified atom stereocenters. The minimum atomic E-state index is -1.19. The second-order valence-electron chi connectivity index (χ2n) is 8.37. The normalized spacial score (nSPS) is 27.7. The third-order valence-corrected chi connectivity index (χ3v) is 5.99. The quantitative estimate of drug-likeness (QED) is 0.386. The Labute approximate surface area is 180 Å². The lowest BCUT2D eigenvalue weighted by Crippen LogP contribution is -2.53. The first-order valence-corrected chi connectivity index (χ1v) is 10.5. The van der Waals surface area contributed by atoms with Crippen molar-refractivity contribution in [2.75, 3.05) is 13.2 Å². The maximum atomic E-state index is 12.8. The van der Waals surface area contributed by atoms with E-state index in [1.807, 2.05) is 24.3 Å². The van der Waals surface area contributed by atoms with Gasteiger partial charge >= 0.3 is 0 Å². The molecule has 9 nitrogen and oxygen atoms in total. The summed E-state index contributed by atoms with van der Waals surface area (Å²) in [6.07, 6.45) is -0.415. The lowest BCUT2D eigenvalue weighted by molar-refractivity contribution is -0.171. The van der Waals surface area contributed by atoms with Crippen molar-refractivity contribution >= 4 is 11.8 Å². The van der Waals surface area contributed by atoms with Gasteiger partial charge in [0.2, 0.25) is 11.8 Å². The minimum Gasteiger partial charge on any atom is -0.395 e. The zero-order chi connectivity index (χ0) is 22.2. The van der Waals surface area contributed by atoms with E-state index in [-0.39, 0.29) is 25.1 Å². The molecule has 1 spiro atoms. The molecule has 4 rings (SSSR count). The topological polar surface area (TPSA) is 137 Å². The van der Waals surface area contributed by atoms with Gasteiger partial charge in [0.25, 0.3) is 0 Å². The Kier molecular flexibility index (Phi) is 6.14. The van der Waals surface area contributed by atoms with Gasteiger partial charge in [-0.2, -0.15) is 0 Å². The van der Waals surface area contributed by atoms with Crippen molar-refractivity contribution in [1.82, 2.24) is 10.6 Å². The first kappa shape index (κ1) is 21.9. The predicted octanol–water partition coefficient (Wildman–Crippen LogP) is -1.07. The summed E-state index contributed by atoms with van der Waals surface area (Å²) in [6.45, 7) is 1.15. The Morgan fingerprint density at radius 2 is 1.90 bits per heavy atom. The average Bonchev–Trinajstić information content (AvgIpc) is 3.28. The van der Waals surface area contributed by atoms with Crippen LogP contribution in [0.2, 0.25) is 0 Å². The molecule has 5 atom stereocenters. The van der Waals surface area contributed by atoms with Crippen LogP contribution in [0.1, 0.15) is 24.5 Å². The van der Waals surface area contributed by atoms with Crippen LogP contribution in [0.4, 0.5) is 0 Å². The van der Waals surface area contributed by atoms with Crippen molar-refractivity contribution < 1.29 is 34.4 Å². The van der Waals surface area contributed by atoms with Gasteiger partial charge in [0, 0.05) is 31.4 Å². The smallest absolute Gasteiger partial charge is 0.247 e. The molecule has 5 N–H and O–H groups in total. The summed E-state index contributed by atoms with van der Waals surface area (Å²) in [5, 5.41) is 34.4. The minimum absolute atomic E-state index is 0.0126. The molecule has 9 heteroatoms. The van der Waals surface area contributed by atoms with Crippen molar-refractivity contribution in [2.45, 2.75) is 62.4 Å². The van der Waals surface area contributed by atoms with Crippen LogP contribution < -0.4 is 10.6 Å². The molecule has 1 aliphatic heterocycles. The van der Waals surface area contributed by atoms with Crippen LogP contribution in [0.5, 0.6) is 0 Å². The first-order valence-electron chi connectivity index (χ1n) is 10.5. The van der Waals surface area contributed by atoms with Gasteiger partial charge in [0.05, 0.1) is 18.8 Å². The number of hydrogen-bond acceptors (Lipinski definition) is 7. The van der Waals surface area contributed by atoms with Gasteiger partial charge in [0.15, 0.2) is 5.79 Å². The molecular weight excluding hydrogens is 404 g/mol. The molecule has 1 saturated heterocycles. The van der Waals surface area contributed by atoms with E-state index in [0.29, 0.717) is 12.8 Å². The zero-order valence-corrected chi connectivity index (χ0v) is 17.3. The molecule has 1 aromatic carbocycles. The number of carbonyl (C=O) groups is 2. The van der Waals surface area contributed by atoms with E-state index in [2.05, 4.69) is 10.6 Å². The summed E-state index contributed by atoms with van der Waals surface area (Å²) in [5.41, 5.74) is 2.56. The summed E-state index contributed by atoms with van der Waals surface area (Å²) in [6, 6.07) is 6.80. The number of hydrogen-bond donors (Lipinski definition) is 5. The maximum absolute atomic E-state index is 12.8. The van der Waals surface area contributed by atoms with Crippen LogP contribution in [0.3, 0.4) is 0 Å². The molecule has 1 fully saturated rings. The molecule has 0 aromatic heterocycles. The number of carbonyl (C=O) groups excluding carboxylic acids is 2. The molecule has 168 valence electrons. The summed E-state index contributed by atoms with van der Waals surface area (Å²) in [5.74, 6) is -2.02. The number of nitrogens with one attached hydrogen (secondary N) is 2. The predicted molar refractivity (Wildman–Crippen MR) is 109 cm³/mol. The van der Waals surface area contributed by atoms with E-state index in [0.717, 1.165) is 11.1 Å². The number of aliphatic hydroxyl groups excluding tert-OH is 3. The van der Waals surface area contributed by atoms with Crippen molar-refractivity contribution in [3.63, 3.8) is 0 Å². The lowest BCUT2D eigenvalue weighted by atomic mass is 9.91. The van der Waals surface area contributed by atoms with Crippen molar-refractivity contribution in [2.24, 2.45) is 0 Å². The van der Waals surface area contributed by atoms with E-state index in [1.165, 1.54) is 6.92 Å². The Morgan fingerprint density at radius 1 is 1.23 bits per heavy atom. The van der Waals surface area contributed by atoms with Crippen LogP contribution in [-0.2, 0) is 31.9 Å². The van der Waals surface area contributed by atoms with Crippen molar-refractivity contribution in [3.8, 4) is 0 Å². The van der Waals surface area contributed by atoms with E-state index in [4.69, 9.17) is 14.6 Å². The molecule has 3 aliphatic rings. The maximum Gasteiger partial charge on any atom is 0.247 e.